The zero-order chi connectivity index (χ0) is 19.9. The maximum Gasteiger partial charge on any atom is 0.0774 e. The van der Waals surface area contributed by atoms with Gasteiger partial charge in [-0.15, -0.1) is 35.9 Å². The minimum absolute atomic E-state index is 0. The Bertz CT molecular complexity index is 1100. The molecule has 0 amide bonds. The summed E-state index contributed by atoms with van der Waals surface area (Å²) < 4.78 is 2.18. The summed E-state index contributed by atoms with van der Waals surface area (Å²) in [4.78, 5) is 4.79. The molecule has 0 spiro atoms. The molecule has 0 bridgehead atoms. The van der Waals surface area contributed by atoms with E-state index in [0.29, 0.717) is 5.57 Å². The molecule has 0 atom stereocenters. The van der Waals surface area contributed by atoms with Gasteiger partial charge in [0, 0.05) is 31.6 Å². The van der Waals surface area contributed by atoms with Crippen molar-refractivity contribution in [1.29, 1.82) is 0 Å². The summed E-state index contributed by atoms with van der Waals surface area (Å²) >= 11 is 0. The smallest absolute Gasteiger partial charge is 0.0774 e. The third kappa shape index (κ3) is 5.77. The van der Waals surface area contributed by atoms with Gasteiger partial charge in [0.05, 0.1) is 16.9 Å². The first-order valence-electron chi connectivity index (χ1n) is 9.02. The van der Waals surface area contributed by atoms with Crippen molar-refractivity contribution in [2.75, 3.05) is 0 Å². The van der Waals surface area contributed by atoms with Gasteiger partial charge in [-0.1, -0.05) is 37.3 Å². The molecule has 1 heterocycles. The van der Waals surface area contributed by atoms with Crippen molar-refractivity contribution >= 4 is 11.0 Å². The summed E-state index contributed by atoms with van der Waals surface area (Å²) in [5.41, 5.74) is 4.83. The summed E-state index contributed by atoms with van der Waals surface area (Å²) in [5.74, 6) is 1.17. The number of allylic oxidation sites excluding steroid dienone is 3. The molecule has 1 radical (unpaired) electrons. The van der Waals surface area contributed by atoms with E-state index in [4.69, 9.17) is 16.7 Å². The van der Waals surface area contributed by atoms with Crippen LogP contribution >= 0.6 is 0 Å². The second kappa shape index (κ2) is 10.6. The normalized spacial score (nSPS) is 10.6. The van der Waals surface area contributed by atoms with E-state index in [-0.39, 0.29) is 25.9 Å². The van der Waals surface area contributed by atoms with Gasteiger partial charge in [0.2, 0.25) is 0 Å². The van der Waals surface area contributed by atoms with Crippen LogP contribution in [0, 0.1) is 12.6 Å². The van der Waals surface area contributed by atoms with Gasteiger partial charge in [0.1, 0.15) is 0 Å². The van der Waals surface area contributed by atoms with E-state index < -0.39 is 0 Å². The predicted octanol–water partition coefficient (Wildman–Crippen LogP) is 6.32. The average molecular weight is 559 g/mol. The van der Waals surface area contributed by atoms with Crippen LogP contribution in [0.5, 0.6) is 0 Å². The SMILES string of the molecule is [CH-]=C(C)C=C(C)O.[Ir].[c-]1ccccc1-c1nc2ccccc2n1-c1ccccc1. The Labute approximate surface area is 185 Å². The van der Waals surface area contributed by atoms with E-state index in [1.54, 1.807) is 13.8 Å². The van der Waals surface area contributed by atoms with E-state index in [1.165, 1.54) is 6.08 Å². The van der Waals surface area contributed by atoms with Gasteiger partial charge in [-0.25, -0.2) is 5.57 Å². The van der Waals surface area contributed by atoms with E-state index in [1.807, 2.05) is 60.7 Å². The van der Waals surface area contributed by atoms with E-state index in [0.717, 1.165) is 28.1 Å². The molecule has 4 aromatic rings. The maximum absolute atomic E-state index is 8.48. The van der Waals surface area contributed by atoms with Crippen molar-refractivity contribution in [2.45, 2.75) is 13.8 Å². The number of aliphatic hydroxyl groups is 1. The molecular formula is C25H22IrN2O-2. The number of imidazole rings is 1. The first kappa shape index (κ1) is 22.3. The molecular weight excluding hydrogens is 537 g/mol. The largest absolute Gasteiger partial charge is 0.531 e. The Morgan fingerprint density at radius 2 is 1.62 bits per heavy atom. The van der Waals surface area contributed by atoms with Crippen molar-refractivity contribution in [1.82, 2.24) is 9.55 Å². The van der Waals surface area contributed by atoms with Crippen molar-refractivity contribution < 1.29 is 25.2 Å². The number of hydrogen-bond donors (Lipinski definition) is 1. The summed E-state index contributed by atoms with van der Waals surface area (Å²) in [5, 5.41) is 8.48. The number of nitrogens with zero attached hydrogens (tertiary/aromatic N) is 2. The van der Waals surface area contributed by atoms with Gasteiger partial charge < -0.3 is 9.67 Å². The summed E-state index contributed by atoms with van der Waals surface area (Å²) in [7, 11) is 0. The molecule has 0 fully saturated rings. The zero-order valence-electron chi connectivity index (χ0n) is 16.3. The summed E-state index contributed by atoms with van der Waals surface area (Å²) in [6.07, 6.45) is 1.50. The Morgan fingerprint density at radius 1 is 0.966 bits per heavy atom. The Balaban J connectivity index is 0.000000327. The van der Waals surface area contributed by atoms with Crippen LogP contribution in [0.1, 0.15) is 13.8 Å². The van der Waals surface area contributed by atoms with Crippen LogP contribution in [0.25, 0.3) is 28.1 Å². The van der Waals surface area contributed by atoms with Crippen LogP contribution in [0.15, 0.2) is 96.3 Å². The number of rotatable bonds is 3. The van der Waals surface area contributed by atoms with Crippen LogP contribution in [-0.2, 0) is 20.1 Å². The van der Waals surface area contributed by atoms with Crippen LogP contribution in [-0.4, -0.2) is 14.7 Å². The number of aromatic nitrogens is 2. The van der Waals surface area contributed by atoms with Crippen LogP contribution in [0.4, 0.5) is 0 Å². The molecule has 0 saturated carbocycles. The summed E-state index contributed by atoms with van der Waals surface area (Å²) in [6, 6.07) is 29.7. The van der Waals surface area contributed by atoms with Crippen LogP contribution in [0.2, 0.25) is 0 Å². The van der Waals surface area contributed by atoms with Crippen LogP contribution < -0.4 is 0 Å². The van der Waals surface area contributed by atoms with Gasteiger partial charge >= 0.3 is 0 Å². The Hall–Kier alpha value is -2.94. The number of para-hydroxylation sites is 3. The van der Waals surface area contributed by atoms with Crippen molar-refractivity contribution in [2.24, 2.45) is 0 Å². The van der Waals surface area contributed by atoms with Crippen LogP contribution in [0.3, 0.4) is 0 Å². The second-order valence-corrected chi connectivity index (χ2v) is 6.40. The van der Waals surface area contributed by atoms with Gasteiger partial charge in [0.25, 0.3) is 0 Å². The standard InChI is InChI=1S/C19H13N2.C6H9O.Ir/c1-3-9-15(10-4-1)19-20-17-13-7-8-14-18(17)21(19)16-11-5-2-6-12-16;1-5(2)4-6(3)7;/h1-9,11-14H;1,4,7H,2-3H3;/q2*-1;. The van der Waals surface area contributed by atoms with Gasteiger partial charge in [-0.2, -0.15) is 6.08 Å². The molecule has 3 nitrogen and oxygen atoms in total. The molecule has 0 aliphatic heterocycles. The minimum Gasteiger partial charge on any atom is -0.531 e. The third-order valence-electron chi connectivity index (χ3n) is 3.96. The van der Waals surface area contributed by atoms with Crippen molar-refractivity contribution in [3.63, 3.8) is 0 Å². The zero-order valence-corrected chi connectivity index (χ0v) is 18.7. The fourth-order valence-corrected chi connectivity index (χ4v) is 2.91. The number of hydrogen-bond acceptors (Lipinski definition) is 2. The monoisotopic (exact) mass is 559 g/mol. The maximum atomic E-state index is 8.48. The molecule has 1 aromatic heterocycles. The molecule has 149 valence electrons. The number of fused-ring (bicyclic) bond motifs is 1. The second-order valence-electron chi connectivity index (χ2n) is 6.40. The van der Waals surface area contributed by atoms with E-state index in [2.05, 4.69) is 28.8 Å². The quantitative estimate of drug-likeness (QED) is 0.182. The molecule has 0 saturated heterocycles. The third-order valence-corrected chi connectivity index (χ3v) is 3.96. The first-order valence-corrected chi connectivity index (χ1v) is 9.02. The summed E-state index contributed by atoms with van der Waals surface area (Å²) in [6.45, 7) is 8.48. The van der Waals surface area contributed by atoms with Gasteiger partial charge in [-0.05, 0) is 31.2 Å². The molecule has 0 unspecified atom stereocenters. The number of aliphatic hydroxyl groups excluding tert-OH is 1. The molecule has 0 aliphatic carbocycles. The van der Waals surface area contributed by atoms with E-state index in [9.17, 15) is 0 Å². The Kier molecular flexibility index (Phi) is 8.14. The fourth-order valence-electron chi connectivity index (χ4n) is 2.91. The van der Waals surface area contributed by atoms with Crippen molar-refractivity contribution in [3.8, 4) is 17.1 Å². The predicted molar refractivity (Wildman–Crippen MR) is 115 cm³/mol. The molecule has 4 rings (SSSR count). The Morgan fingerprint density at radius 3 is 2.21 bits per heavy atom. The molecule has 0 aliphatic rings. The van der Waals surface area contributed by atoms with Gasteiger partial charge in [0.15, 0.2) is 0 Å². The van der Waals surface area contributed by atoms with E-state index >= 15 is 0 Å². The minimum atomic E-state index is 0. The molecule has 4 heteroatoms. The molecule has 3 aromatic carbocycles. The number of benzene rings is 3. The topological polar surface area (TPSA) is 38.1 Å². The fraction of sp³-hybridized carbons (Fsp3) is 0.0800. The van der Waals surface area contributed by atoms with Gasteiger partial charge in [-0.3, -0.25) is 11.6 Å². The molecule has 1 N–H and O–H groups in total. The first-order chi connectivity index (χ1) is 13.6. The van der Waals surface area contributed by atoms with Crippen molar-refractivity contribution in [3.05, 3.63) is 109 Å². The molecule has 29 heavy (non-hydrogen) atoms. The average Bonchev–Trinajstić information content (AvgIpc) is 3.08.